The van der Waals surface area contributed by atoms with Gasteiger partial charge >= 0.3 is 0 Å². The Morgan fingerprint density at radius 1 is 1.31 bits per heavy atom. The minimum atomic E-state index is 0.452. The summed E-state index contributed by atoms with van der Waals surface area (Å²) in [5, 5.41) is 3.62. The molecule has 16 heavy (non-hydrogen) atoms. The zero-order valence-electron chi connectivity index (χ0n) is 11.0. The molecule has 2 nitrogen and oxygen atoms in total. The van der Waals surface area contributed by atoms with Gasteiger partial charge < -0.3 is 9.73 Å². The number of rotatable bonds is 7. The van der Waals surface area contributed by atoms with E-state index in [1.807, 2.05) is 6.26 Å². The van der Waals surface area contributed by atoms with Crippen LogP contribution in [0.5, 0.6) is 0 Å². The number of furan rings is 1. The molecule has 1 N–H and O–H groups in total. The van der Waals surface area contributed by atoms with Crippen LogP contribution in [-0.2, 0) is 6.42 Å². The van der Waals surface area contributed by atoms with Crippen molar-refractivity contribution < 1.29 is 4.42 Å². The largest absolute Gasteiger partial charge is 0.469 e. The lowest BCUT2D eigenvalue weighted by atomic mass is 9.96. The highest BCUT2D eigenvalue weighted by atomic mass is 16.3. The van der Waals surface area contributed by atoms with Gasteiger partial charge in [-0.1, -0.05) is 27.7 Å². The number of hydrogen-bond donors (Lipinski definition) is 1. The van der Waals surface area contributed by atoms with Gasteiger partial charge in [0.2, 0.25) is 0 Å². The van der Waals surface area contributed by atoms with Gasteiger partial charge in [-0.15, -0.1) is 0 Å². The lowest BCUT2D eigenvalue weighted by Gasteiger charge is -2.20. The predicted molar refractivity (Wildman–Crippen MR) is 68.6 cm³/mol. The van der Waals surface area contributed by atoms with E-state index in [4.69, 9.17) is 4.42 Å². The molecule has 0 aliphatic rings. The first-order valence-corrected chi connectivity index (χ1v) is 6.48. The molecule has 2 heteroatoms. The molecule has 0 bridgehead atoms. The van der Waals surface area contributed by atoms with Gasteiger partial charge in [0.25, 0.3) is 0 Å². The fourth-order valence-electron chi connectivity index (χ4n) is 2.06. The van der Waals surface area contributed by atoms with E-state index in [1.54, 1.807) is 0 Å². The Bertz CT molecular complexity index is 291. The summed E-state index contributed by atoms with van der Waals surface area (Å²) in [6.07, 6.45) is 5.14. The molecule has 1 unspecified atom stereocenters. The summed E-state index contributed by atoms with van der Waals surface area (Å²) in [4.78, 5) is 0. The van der Waals surface area contributed by atoms with E-state index in [-0.39, 0.29) is 0 Å². The Kier molecular flexibility index (Phi) is 5.61. The van der Waals surface area contributed by atoms with E-state index in [0.29, 0.717) is 12.0 Å². The van der Waals surface area contributed by atoms with Crippen molar-refractivity contribution >= 4 is 0 Å². The fraction of sp³-hybridized carbons (Fsp3) is 0.714. The molecule has 1 aromatic heterocycles. The average Bonchev–Trinajstić information content (AvgIpc) is 2.71. The SMILES string of the molecule is CCCNC(CC(C)C)c1ccoc1CC. The van der Waals surface area contributed by atoms with E-state index >= 15 is 0 Å². The van der Waals surface area contributed by atoms with Crippen molar-refractivity contribution in [3.63, 3.8) is 0 Å². The molecule has 0 aliphatic heterocycles. The van der Waals surface area contributed by atoms with Crippen molar-refractivity contribution in [3.8, 4) is 0 Å². The van der Waals surface area contributed by atoms with Crippen molar-refractivity contribution in [2.24, 2.45) is 5.92 Å². The molecule has 0 saturated carbocycles. The molecule has 1 rings (SSSR count). The maximum atomic E-state index is 5.52. The molecule has 0 radical (unpaired) electrons. The van der Waals surface area contributed by atoms with Gasteiger partial charge in [0.05, 0.1) is 6.26 Å². The molecule has 0 aromatic carbocycles. The first-order chi connectivity index (χ1) is 7.69. The van der Waals surface area contributed by atoms with E-state index in [2.05, 4.69) is 39.1 Å². The molecule has 0 spiro atoms. The van der Waals surface area contributed by atoms with E-state index in [9.17, 15) is 0 Å². The standard InChI is InChI=1S/C14H25NO/c1-5-8-15-13(10-11(3)4)12-7-9-16-14(12)6-2/h7,9,11,13,15H,5-6,8,10H2,1-4H3. The van der Waals surface area contributed by atoms with Crippen molar-refractivity contribution in [1.29, 1.82) is 0 Å². The van der Waals surface area contributed by atoms with Crippen LogP contribution in [0.25, 0.3) is 0 Å². The van der Waals surface area contributed by atoms with Crippen LogP contribution in [0.2, 0.25) is 0 Å². The summed E-state index contributed by atoms with van der Waals surface area (Å²) in [5.41, 5.74) is 1.35. The molecule has 1 heterocycles. The highest BCUT2D eigenvalue weighted by Gasteiger charge is 2.17. The Labute approximate surface area is 99.4 Å². The topological polar surface area (TPSA) is 25.2 Å². The average molecular weight is 223 g/mol. The summed E-state index contributed by atoms with van der Waals surface area (Å²) < 4.78 is 5.52. The fourth-order valence-corrected chi connectivity index (χ4v) is 2.06. The second kappa shape index (κ2) is 6.74. The van der Waals surface area contributed by atoms with Gasteiger partial charge in [-0.05, 0) is 31.4 Å². The van der Waals surface area contributed by atoms with Gasteiger partial charge in [0.15, 0.2) is 0 Å². The van der Waals surface area contributed by atoms with Crippen molar-refractivity contribution in [3.05, 3.63) is 23.7 Å². The lowest BCUT2D eigenvalue weighted by molar-refractivity contribution is 0.418. The molecule has 92 valence electrons. The molecular formula is C14H25NO. The van der Waals surface area contributed by atoms with Crippen molar-refractivity contribution in [1.82, 2.24) is 5.32 Å². The Balaban J connectivity index is 2.74. The Morgan fingerprint density at radius 2 is 2.06 bits per heavy atom. The van der Waals surface area contributed by atoms with Crippen LogP contribution in [0.3, 0.4) is 0 Å². The molecule has 1 aromatic rings. The summed E-state index contributed by atoms with van der Waals surface area (Å²) >= 11 is 0. The molecular weight excluding hydrogens is 198 g/mol. The Morgan fingerprint density at radius 3 is 2.62 bits per heavy atom. The summed E-state index contributed by atoms with van der Waals surface area (Å²) in [6, 6.07) is 2.57. The first-order valence-electron chi connectivity index (χ1n) is 6.48. The summed E-state index contributed by atoms with van der Waals surface area (Å²) in [7, 11) is 0. The molecule has 1 atom stereocenters. The van der Waals surface area contributed by atoms with Crippen molar-refractivity contribution in [2.75, 3.05) is 6.54 Å². The normalized spacial score (nSPS) is 13.3. The van der Waals surface area contributed by atoms with Crippen LogP contribution in [-0.4, -0.2) is 6.54 Å². The smallest absolute Gasteiger partial charge is 0.108 e. The molecule has 0 amide bonds. The number of nitrogens with one attached hydrogen (secondary N) is 1. The number of aryl methyl sites for hydroxylation is 1. The van der Waals surface area contributed by atoms with Crippen LogP contribution >= 0.6 is 0 Å². The van der Waals surface area contributed by atoms with Crippen LogP contribution in [0.15, 0.2) is 16.7 Å². The van der Waals surface area contributed by atoms with E-state index < -0.39 is 0 Å². The second-order valence-corrected chi connectivity index (χ2v) is 4.79. The van der Waals surface area contributed by atoms with Crippen LogP contribution < -0.4 is 5.32 Å². The Hall–Kier alpha value is -0.760. The molecule has 0 saturated heterocycles. The van der Waals surface area contributed by atoms with Crippen LogP contribution in [0.4, 0.5) is 0 Å². The molecule has 0 fully saturated rings. The van der Waals surface area contributed by atoms with Gasteiger partial charge in [-0.25, -0.2) is 0 Å². The van der Waals surface area contributed by atoms with Gasteiger partial charge in [0, 0.05) is 18.0 Å². The predicted octanol–water partition coefficient (Wildman–Crippen LogP) is 3.93. The third-order valence-corrected chi connectivity index (χ3v) is 2.82. The minimum Gasteiger partial charge on any atom is -0.469 e. The summed E-state index contributed by atoms with van der Waals surface area (Å²) in [5.74, 6) is 1.84. The number of hydrogen-bond acceptors (Lipinski definition) is 2. The molecule has 0 aliphatic carbocycles. The minimum absolute atomic E-state index is 0.452. The maximum Gasteiger partial charge on any atom is 0.108 e. The lowest BCUT2D eigenvalue weighted by Crippen LogP contribution is -2.24. The highest BCUT2D eigenvalue weighted by molar-refractivity contribution is 5.21. The van der Waals surface area contributed by atoms with Gasteiger partial charge in [-0.2, -0.15) is 0 Å². The van der Waals surface area contributed by atoms with Crippen LogP contribution in [0.1, 0.15) is 57.9 Å². The highest BCUT2D eigenvalue weighted by Crippen LogP contribution is 2.25. The van der Waals surface area contributed by atoms with Gasteiger partial charge in [-0.3, -0.25) is 0 Å². The third-order valence-electron chi connectivity index (χ3n) is 2.82. The monoisotopic (exact) mass is 223 g/mol. The quantitative estimate of drug-likeness (QED) is 0.757. The first kappa shape index (κ1) is 13.3. The van der Waals surface area contributed by atoms with Crippen LogP contribution in [0, 0.1) is 5.92 Å². The third kappa shape index (κ3) is 3.67. The zero-order chi connectivity index (χ0) is 12.0. The van der Waals surface area contributed by atoms with Gasteiger partial charge in [0.1, 0.15) is 5.76 Å². The maximum absolute atomic E-state index is 5.52. The van der Waals surface area contributed by atoms with E-state index in [0.717, 1.165) is 18.7 Å². The summed E-state index contributed by atoms with van der Waals surface area (Å²) in [6.45, 7) is 9.97. The van der Waals surface area contributed by atoms with Crippen molar-refractivity contribution in [2.45, 2.75) is 53.0 Å². The second-order valence-electron chi connectivity index (χ2n) is 4.79. The zero-order valence-corrected chi connectivity index (χ0v) is 11.0. The van der Waals surface area contributed by atoms with E-state index in [1.165, 1.54) is 18.4 Å².